The molecule has 2 atom stereocenters. The first-order valence-corrected chi connectivity index (χ1v) is 7.62. The summed E-state index contributed by atoms with van der Waals surface area (Å²) in [5.41, 5.74) is 1.46. The molecule has 4 nitrogen and oxygen atoms in total. The molecule has 2 unspecified atom stereocenters. The van der Waals surface area contributed by atoms with Gasteiger partial charge in [0.05, 0.1) is 5.69 Å². The van der Waals surface area contributed by atoms with E-state index in [-0.39, 0.29) is 23.8 Å². The van der Waals surface area contributed by atoms with E-state index in [1.807, 2.05) is 24.8 Å². The summed E-state index contributed by atoms with van der Waals surface area (Å²) in [7, 11) is 0. The third-order valence-electron chi connectivity index (χ3n) is 3.97. The number of carbonyl (C=O) groups excluding carboxylic acids is 1. The number of hydrogen-bond acceptors (Lipinski definition) is 3. The average Bonchev–Trinajstić information content (AvgIpc) is 2.48. The van der Waals surface area contributed by atoms with Crippen LogP contribution < -0.4 is 15.5 Å². The zero-order valence-electron chi connectivity index (χ0n) is 12.9. The van der Waals surface area contributed by atoms with Gasteiger partial charge >= 0.3 is 0 Å². The van der Waals surface area contributed by atoms with E-state index in [1.54, 1.807) is 6.07 Å². The molecule has 0 aromatic heterocycles. The van der Waals surface area contributed by atoms with Crippen molar-refractivity contribution in [2.75, 3.05) is 24.5 Å². The molecule has 116 valence electrons. The lowest BCUT2D eigenvalue weighted by Crippen LogP contribution is -2.54. The molecule has 1 aromatic carbocycles. The average molecular weight is 293 g/mol. The second-order valence-corrected chi connectivity index (χ2v) is 5.51. The molecular formula is C16H24FN3O. The fourth-order valence-corrected chi connectivity index (χ4v) is 2.74. The van der Waals surface area contributed by atoms with Crippen LogP contribution in [0.3, 0.4) is 0 Å². The molecule has 1 heterocycles. The second kappa shape index (κ2) is 6.89. The SMILES string of the molecule is CCCNC(C)c1cccc(F)c1N1CCNC(=O)C1C. The Bertz CT molecular complexity index is 506. The van der Waals surface area contributed by atoms with Gasteiger partial charge < -0.3 is 15.5 Å². The lowest BCUT2D eigenvalue weighted by atomic mass is 10.0. The Morgan fingerprint density at radius 1 is 1.52 bits per heavy atom. The first-order chi connectivity index (χ1) is 10.1. The van der Waals surface area contributed by atoms with E-state index in [9.17, 15) is 9.18 Å². The van der Waals surface area contributed by atoms with E-state index in [0.717, 1.165) is 18.5 Å². The van der Waals surface area contributed by atoms with Gasteiger partial charge in [-0.15, -0.1) is 0 Å². The largest absolute Gasteiger partial charge is 0.355 e. The minimum absolute atomic E-state index is 0.0489. The quantitative estimate of drug-likeness (QED) is 0.875. The molecule has 1 aliphatic heterocycles. The van der Waals surface area contributed by atoms with Gasteiger partial charge in [-0.25, -0.2) is 4.39 Å². The van der Waals surface area contributed by atoms with Crippen molar-refractivity contribution in [3.8, 4) is 0 Å². The van der Waals surface area contributed by atoms with E-state index in [4.69, 9.17) is 0 Å². The summed E-state index contributed by atoms with van der Waals surface area (Å²) in [5, 5.41) is 6.20. The van der Waals surface area contributed by atoms with Crippen LogP contribution in [0.15, 0.2) is 18.2 Å². The molecule has 1 amide bonds. The van der Waals surface area contributed by atoms with Crippen LogP contribution >= 0.6 is 0 Å². The third kappa shape index (κ3) is 3.35. The van der Waals surface area contributed by atoms with Crippen molar-refractivity contribution in [2.45, 2.75) is 39.3 Å². The summed E-state index contributed by atoms with van der Waals surface area (Å²) in [5.74, 6) is -0.316. The highest BCUT2D eigenvalue weighted by Gasteiger charge is 2.29. The zero-order chi connectivity index (χ0) is 15.4. The fourth-order valence-electron chi connectivity index (χ4n) is 2.74. The number of anilines is 1. The second-order valence-electron chi connectivity index (χ2n) is 5.51. The number of nitrogens with one attached hydrogen (secondary N) is 2. The lowest BCUT2D eigenvalue weighted by Gasteiger charge is -2.37. The predicted molar refractivity (Wildman–Crippen MR) is 82.9 cm³/mol. The van der Waals surface area contributed by atoms with Crippen LogP contribution in [0.5, 0.6) is 0 Å². The molecule has 1 saturated heterocycles. The van der Waals surface area contributed by atoms with Crippen LogP contribution in [-0.4, -0.2) is 31.6 Å². The molecule has 0 radical (unpaired) electrons. The van der Waals surface area contributed by atoms with Crippen molar-refractivity contribution in [3.05, 3.63) is 29.6 Å². The molecule has 0 bridgehead atoms. The summed E-state index contributed by atoms with van der Waals surface area (Å²) >= 11 is 0. The number of benzene rings is 1. The number of para-hydroxylation sites is 1. The van der Waals surface area contributed by atoms with Crippen LogP contribution in [0.4, 0.5) is 10.1 Å². The fraction of sp³-hybridized carbons (Fsp3) is 0.562. The van der Waals surface area contributed by atoms with Crippen LogP contribution in [0, 0.1) is 5.82 Å². The Labute approximate surface area is 125 Å². The van der Waals surface area contributed by atoms with Gasteiger partial charge in [0.1, 0.15) is 11.9 Å². The van der Waals surface area contributed by atoms with E-state index in [1.165, 1.54) is 6.07 Å². The summed E-state index contributed by atoms with van der Waals surface area (Å²) in [6.07, 6.45) is 1.03. The number of rotatable bonds is 5. The van der Waals surface area contributed by atoms with Gasteiger partial charge in [-0.2, -0.15) is 0 Å². The Kier molecular flexibility index (Phi) is 5.17. The maximum absolute atomic E-state index is 14.4. The van der Waals surface area contributed by atoms with Gasteiger partial charge in [0.25, 0.3) is 0 Å². The molecule has 0 aliphatic carbocycles. The number of hydrogen-bond donors (Lipinski definition) is 2. The highest BCUT2D eigenvalue weighted by molar-refractivity contribution is 5.86. The van der Waals surface area contributed by atoms with Gasteiger partial charge in [0.15, 0.2) is 0 Å². The Morgan fingerprint density at radius 3 is 3.00 bits per heavy atom. The van der Waals surface area contributed by atoms with Gasteiger partial charge in [0, 0.05) is 19.1 Å². The molecule has 5 heteroatoms. The summed E-state index contributed by atoms with van der Waals surface area (Å²) in [4.78, 5) is 13.7. The monoisotopic (exact) mass is 293 g/mol. The molecule has 1 aromatic rings. The lowest BCUT2D eigenvalue weighted by molar-refractivity contribution is -0.122. The molecular weight excluding hydrogens is 269 g/mol. The summed E-state index contributed by atoms with van der Waals surface area (Å²) in [6, 6.07) is 4.82. The third-order valence-corrected chi connectivity index (χ3v) is 3.97. The van der Waals surface area contributed by atoms with Gasteiger partial charge in [-0.05, 0) is 38.4 Å². The highest BCUT2D eigenvalue weighted by atomic mass is 19.1. The Morgan fingerprint density at radius 2 is 2.29 bits per heavy atom. The maximum Gasteiger partial charge on any atom is 0.242 e. The van der Waals surface area contributed by atoms with Gasteiger partial charge in [-0.1, -0.05) is 19.1 Å². The van der Waals surface area contributed by atoms with E-state index in [0.29, 0.717) is 18.8 Å². The molecule has 0 spiro atoms. The van der Waals surface area contributed by atoms with Crippen molar-refractivity contribution >= 4 is 11.6 Å². The van der Waals surface area contributed by atoms with Crippen molar-refractivity contribution in [3.63, 3.8) is 0 Å². The molecule has 1 aliphatic rings. The molecule has 21 heavy (non-hydrogen) atoms. The van der Waals surface area contributed by atoms with Crippen LogP contribution in [0.1, 0.15) is 38.8 Å². The van der Waals surface area contributed by atoms with Crippen molar-refractivity contribution < 1.29 is 9.18 Å². The maximum atomic E-state index is 14.4. The number of nitrogens with zero attached hydrogens (tertiary/aromatic N) is 1. The Hall–Kier alpha value is -1.62. The Balaban J connectivity index is 2.35. The predicted octanol–water partition coefficient (Wildman–Crippen LogP) is 2.21. The van der Waals surface area contributed by atoms with E-state index >= 15 is 0 Å². The topological polar surface area (TPSA) is 44.4 Å². The van der Waals surface area contributed by atoms with Gasteiger partial charge in [-0.3, -0.25) is 4.79 Å². The first kappa shape index (κ1) is 15.8. The van der Waals surface area contributed by atoms with Crippen LogP contribution in [0.25, 0.3) is 0 Å². The first-order valence-electron chi connectivity index (χ1n) is 7.62. The summed E-state index contributed by atoms with van der Waals surface area (Å²) in [6.45, 7) is 8.00. The molecule has 2 rings (SSSR count). The molecule has 2 N–H and O–H groups in total. The van der Waals surface area contributed by atoms with Gasteiger partial charge in [0.2, 0.25) is 5.91 Å². The smallest absolute Gasteiger partial charge is 0.242 e. The van der Waals surface area contributed by atoms with Crippen molar-refractivity contribution in [2.24, 2.45) is 0 Å². The van der Waals surface area contributed by atoms with E-state index in [2.05, 4.69) is 17.6 Å². The number of carbonyl (C=O) groups is 1. The number of amides is 1. The van der Waals surface area contributed by atoms with E-state index < -0.39 is 0 Å². The highest BCUT2D eigenvalue weighted by Crippen LogP contribution is 2.31. The minimum atomic E-state index is -0.354. The van der Waals surface area contributed by atoms with Crippen LogP contribution in [0.2, 0.25) is 0 Å². The normalized spacial score (nSPS) is 20.3. The number of piperazine rings is 1. The van der Waals surface area contributed by atoms with Crippen molar-refractivity contribution in [1.29, 1.82) is 0 Å². The number of halogens is 1. The standard InChI is InChI=1S/C16H24FN3O/c1-4-8-18-11(2)13-6-5-7-14(17)15(13)20-10-9-19-16(21)12(20)3/h5-7,11-12,18H,4,8-10H2,1-3H3,(H,19,21). The zero-order valence-corrected chi connectivity index (χ0v) is 12.9. The molecule has 0 saturated carbocycles. The minimum Gasteiger partial charge on any atom is -0.355 e. The van der Waals surface area contributed by atoms with Crippen LogP contribution in [-0.2, 0) is 4.79 Å². The molecule has 1 fully saturated rings. The van der Waals surface area contributed by atoms with Crippen molar-refractivity contribution in [1.82, 2.24) is 10.6 Å². The summed E-state index contributed by atoms with van der Waals surface area (Å²) < 4.78 is 14.4.